The lowest BCUT2D eigenvalue weighted by molar-refractivity contribution is -0.384. The summed E-state index contributed by atoms with van der Waals surface area (Å²) in [5.41, 5.74) is 3.51. The van der Waals surface area contributed by atoms with E-state index in [1.165, 1.54) is 12.1 Å². The minimum Gasteiger partial charge on any atom is -0.484 e. The Morgan fingerprint density at radius 2 is 1.64 bits per heavy atom. The van der Waals surface area contributed by atoms with Gasteiger partial charge in [0.25, 0.3) is 11.6 Å². The first-order valence-corrected chi connectivity index (χ1v) is 6.32. The van der Waals surface area contributed by atoms with Crippen LogP contribution >= 0.6 is 0 Å². The van der Waals surface area contributed by atoms with E-state index in [0.717, 1.165) is 11.4 Å². The predicted molar refractivity (Wildman–Crippen MR) is 80.6 cm³/mol. The van der Waals surface area contributed by atoms with Crippen molar-refractivity contribution in [3.63, 3.8) is 0 Å². The van der Waals surface area contributed by atoms with Crippen LogP contribution in [0.2, 0.25) is 0 Å². The molecule has 2 rings (SSSR count). The van der Waals surface area contributed by atoms with Gasteiger partial charge < -0.3 is 10.1 Å². The Bertz CT molecular complexity index is 656. The molecular formula is C14H14N4O4. The summed E-state index contributed by atoms with van der Waals surface area (Å²) in [6.45, 7) is -0.161. The maximum Gasteiger partial charge on any atom is 0.271 e. The third-order valence-electron chi connectivity index (χ3n) is 2.75. The fourth-order valence-corrected chi connectivity index (χ4v) is 1.66. The summed E-state index contributed by atoms with van der Waals surface area (Å²) in [5.74, 6) is 5.05. The van der Waals surface area contributed by atoms with Gasteiger partial charge in [-0.1, -0.05) is 0 Å². The lowest BCUT2D eigenvalue weighted by Crippen LogP contribution is -2.34. The van der Waals surface area contributed by atoms with Gasteiger partial charge in [0.05, 0.1) is 4.92 Å². The number of nitro benzene ring substituents is 1. The highest BCUT2D eigenvalue weighted by molar-refractivity contribution is 5.76. The van der Waals surface area contributed by atoms with E-state index in [9.17, 15) is 14.9 Å². The first kappa shape index (κ1) is 15.3. The van der Waals surface area contributed by atoms with E-state index in [-0.39, 0.29) is 12.3 Å². The van der Waals surface area contributed by atoms with Crippen LogP contribution in [0.4, 0.5) is 17.1 Å². The van der Waals surface area contributed by atoms with Crippen molar-refractivity contribution in [3.05, 3.63) is 58.6 Å². The largest absolute Gasteiger partial charge is 0.484 e. The molecule has 0 aliphatic heterocycles. The van der Waals surface area contributed by atoms with Gasteiger partial charge in [0.2, 0.25) is 0 Å². The molecule has 2 aromatic carbocycles. The average molecular weight is 302 g/mol. The number of hydrogen-bond acceptors (Lipinski definition) is 6. The lowest BCUT2D eigenvalue weighted by atomic mass is 10.2. The van der Waals surface area contributed by atoms with Crippen molar-refractivity contribution in [3.8, 4) is 5.75 Å². The maximum absolute atomic E-state index is 10.9. The third kappa shape index (κ3) is 4.18. The Morgan fingerprint density at radius 1 is 1.09 bits per heavy atom. The molecule has 22 heavy (non-hydrogen) atoms. The number of hydrogen-bond donors (Lipinski definition) is 3. The summed E-state index contributed by atoms with van der Waals surface area (Å²) in [6.07, 6.45) is 0. The zero-order chi connectivity index (χ0) is 15.9. The van der Waals surface area contributed by atoms with Crippen LogP contribution < -0.4 is 21.3 Å². The molecule has 0 unspecified atom stereocenters. The van der Waals surface area contributed by atoms with Gasteiger partial charge >= 0.3 is 0 Å². The molecule has 0 radical (unpaired) electrons. The van der Waals surface area contributed by atoms with Gasteiger partial charge in [0.15, 0.2) is 6.61 Å². The lowest BCUT2D eigenvalue weighted by Gasteiger charge is -2.08. The Labute approximate surface area is 126 Å². The van der Waals surface area contributed by atoms with E-state index < -0.39 is 10.8 Å². The van der Waals surface area contributed by atoms with Crippen LogP contribution in [0.25, 0.3) is 0 Å². The van der Waals surface area contributed by atoms with Gasteiger partial charge in [0.1, 0.15) is 5.75 Å². The third-order valence-corrected chi connectivity index (χ3v) is 2.75. The zero-order valence-electron chi connectivity index (χ0n) is 11.5. The highest BCUT2D eigenvalue weighted by Crippen LogP contribution is 2.22. The number of carbonyl (C=O) groups is 1. The fourth-order valence-electron chi connectivity index (χ4n) is 1.66. The van der Waals surface area contributed by atoms with Crippen molar-refractivity contribution in [1.82, 2.24) is 5.43 Å². The standard InChI is InChI=1S/C14H14N4O4/c15-17-14(19)9-22-13-7-3-11(4-8-13)16-10-1-5-12(6-2-10)18(20)21/h1-8,16H,9,15H2,(H,17,19). The van der Waals surface area contributed by atoms with E-state index in [2.05, 4.69) is 5.32 Å². The topological polar surface area (TPSA) is 120 Å². The van der Waals surface area contributed by atoms with Crippen molar-refractivity contribution in [2.24, 2.45) is 5.84 Å². The number of ether oxygens (including phenoxy) is 1. The molecule has 0 aliphatic rings. The predicted octanol–water partition coefficient (Wildman–Crippen LogP) is 1.71. The molecule has 0 bridgehead atoms. The van der Waals surface area contributed by atoms with Crippen molar-refractivity contribution >= 4 is 23.0 Å². The van der Waals surface area contributed by atoms with Gasteiger partial charge in [-0.05, 0) is 36.4 Å². The van der Waals surface area contributed by atoms with Crippen molar-refractivity contribution in [1.29, 1.82) is 0 Å². The number of nitrogens with two attached hydrogens (primary N) is 1. The van der Waals surface area contributed by atoms with Gasteiger partial charge in [-0.2, -0.15) is 0 Å². The molecule has 0 saturated heterocycles. The van der Waals surface area contributed by atoms with Crippen LogP contribution in [0.3, 0.4) is 0 Å². The number of amides is 1. The minimum absolute atomic E-state index is 0.0347. The fraction of sp³-hybridized carbons (Fsp3) is 0.0714. The maximum atomic E-state index is 10.9. The number of benzene rings is 2. The number of carbonyl (C=O) groups excluding carboxylic acids is 1. The molecule has 0 spiro atoms. The van der Waals surface area contributed by atoms with Gasteiger partial charge in [-0.3, -0.25) is 20.3 Å². The molecular weight excluding hydrogens is 288 g/mol. The summed E-state index contributed by atoms with van der Waals surface area (Å²) < 4.78 is 5.21. The van der Waals surface area contributed by atoms with Crippen LogP contribution in [0.1, 0.15) is 0 Å². The molecule has 114 valence electrons. The molecule has 0 heterocycles. The molecule has 0 saturated carbocycles. The monoisotopic (exact) mass is 302 g/mol. The second kappa shape index (κ2) is 7.04. The van der Waals surface area contributed by atoms with Crippen molar-refractivity contribution in [2.75, 3.05) is 11.9 Å². The Balaban J connectivity index is 1.96. The summed E-state index contributed by atoms with van der Waals surface area (Å²) in [5, 5.41) is 13.7. The molecule has 4 N–H and O–H groups in total. The first-order chi connectivity index (χ1) is 10.6. The van der Waals surface area contributed by atoms with Crippen LogP contribution in [-0.2, 0) is 4.79 Å². The zero-order valence-corrected chi connectivity index (χ0v) is 11.5. The second-order valence-electron chi connectivity index (χ2n) is 4.31. The van der Waals surface area contributed by atoms with Crippen molar-refractivity contribution in [2.45, 2.75) is 0 Å². The summed E-state index contributed by atoms with van der Waals surface area (Å²) in [4.78, 5) is 21.1. The number of hydrazine groups is 1. The summed E-state index contributed by atoms with van der Waals surface area (Å²) >= 11 is 0. The number of anilines is 2. The Hall–Kier alpha value is -3.13. The number of nitro groups is 1. The van der Waals surface area contributed by atoms with E-state index in [1.807, 2.05) is 5.43 Å². The normalized spacial score (nSPS) is 9.86. The van der Waals surface area contributed by atoms with Gasteiger partial charge in [-0.15, -0.1) is 0 Å². The first-order valence-electron chi connectivity index (χ1n) is 6.32. The summed E-state index contributed by atoms with van der Waals surface area (Å²) in [6, 6.07) is 13.0. The van der Waals surface area contributed by atoms with Crippen LogP contribution in [0, 0.1) is 10.1 Å². The van der Waals surface area contributed by atoms with Crippen LogP contribution in [0.15, 0.2) is 48.5 Å². The molecule has 0 aromatic heterocycles. The van der Waals surface area contributed by atoms with Gasteiger partial charge in [0, 0.05) is 23.5 Å². The van der Waals surface area contributed by atoms with Crippen molar-refractivity contribution < 1.29 is 14.5 Å². The molecule has 8 nitrogen and oxygen atoms in total. The molecule has 0 fully saturated rings. The molecule has 2 aromatic rings. The smallest absolute Gasteiger partial charge is 0.271 e. The van der Waals surface area contributed by atoms with E-state index in [0.29, 0.717) is 5.75 Å². The quantitative estimate of drug-likeness (QED) is 0.323. The Morgan fingerprint density at radius 3 is 2.14 bits per heavy atom. The average Bonchev–Trinajstić information content (AvgIpc) is 2.54. The molecule has 0 atom stereocenters. The number of non-ortho nitro benzene ring substituents is 1. The van der Waals surface area contributed by atoms with E-state index >= 15 is 0 Å². The SMILES string of the molecule is NNC(=O)COc1ccc(Nc2ccc([N+](=O)[O-])cc2)cc1. The number of nitrogens with zero attached hydrogens (tertiary/aromatic N) is 1. The number of rotatable bonds is 6. The molecule has 8 heteroatoms. The van der Waals surface area contributed by atoms with Gasteiger partial charge in [-0.25, -0.2) is 5.84 Å². The van der Waals surface area contributed by atoms with Crippen LogP contribution in [-0.4, -0.2) is 17.4 Å². The van der Waals surface area contributed by atoms with Crippen LogP contribution in [0.5, 0.6) is 5.75 Å². The van der Waals surface area contributed by atoms with E-state index in [1.54, 1.807) is 36.4 Å². The Kier molecular flexibility index (Phi) is 4.89. The number of nitrogens with one attached hydrogen (secondary N) is 2. The minimum atomic E-state index is -0.451. The van der Waals surface area contributed by atoms with E-state index in [4.69, 9.17) is 10.6 Å². The second-order valence-corrected chi connectivity index (χ2v) is 4.31. The molecule has 0 aliphatic carbocycles. The highest BCUT2D eigenvalue weighted by atomic mass is 16.6. The summed E-state index contributed by atoms with van der Waals surface area (Å²) in [7, 11) is 0. The highest BCUT2D eigenvalue weighted by Gasteiger charge is 2.04. The molecule has 1 amide bonds.